The van der Waals surface area contributed by atoms with Crippen LogP contribution in [0.2, 0.25) is 0 Å². The molecular weight excluding hydrogens is 295 g/mol. The first-order valence-electron chi connectivity index (χ1n) is 6.46. The van der Waals surface area contributed by atoms with E-state index in [9.17, 15) is 4.39 Å². The summed E-state index contributed by atoms with van der Waals surface area (Å²) < 4.78 is 29.3. The lowest BCUT2D eigenvalue weighted by molar-refractivity contribution is 0.216. The molecule has 3 nitrogen and oxygen atoms in total. The highest BCUT2D eigenvalue weighted by Gasteiger charge is 2.02. The number of hydrogen-bond acceptors (Lipinski definition) is 3. The molecule has 0 aliphatic rings. The van der Waals surface area contributed by atoms with Gasteiger partial charge in [-0.2, -0.15) is 0 Å². The van der Waals surface area contributed by atoms with Crippen LogP contribution in [-0.4, -0.2) is 20.3 Å². The van der Waals surface area contributed by atoms with Gasteiger partial charge in [0, 0.05) is 11.9 Å². The molecule has 2 rings (SSSR count). The highest BCUT2D eigenvalue weighted by molar-refractivity contribution is 6.17. The maximum absolute atomic E-state index is 13.3. The molecule has 0 saturated carbocycles. The smallest absolute Gasteiger partial charge is 0.127 e. The van der Waals surface area contributed by atoms with E-state index in [2.05, 4.69) is 0 Å². The summed E-state index contributed by atoms with van der Waals surface area (Å²) in [4.78, 5) is 0. The quantitative estimate of drug-likeness (QED) is 0.571. The summed E-state index contributed by atoms with van der Waals surface area (Å²) in [6.45, 7) is 0.677. The molecule has 0 amide bonds. The lowest BCUT2D eigenvalue weighted by Crippen LogP contribution is -2.09. The molecule has 21 heavy (non-hydrogen) atoms. The van der Waals surface area contributed by atoms with Crippen LogP contribution in [0.15, 0.2) is 42.5 Å². The Morgan fingerprint density at radius 2 is 1.52 bits per heavy atom. The highest BCUT2D eigenvalue weighted by atomic mass is 35.5. The Kier molecular flexibility index (Phi) is 5.69. The second-order valence-corrected chi connectivity index (χ2v) is 4.57. The molecule has 0 spiro atoms. The van der Waals surface area contributed by atoms with Crippen LogP contribution in [0.1, 0.15) is 5.56 Å². The monoisotopic (exact) mass is 310 g/mol. The summed E-state index contributed by atoms with van der Waals surface area (Å²) in [5, 5.41) is 0. The molecule has 0 aromatic heterocycles. The molecule has 2 aromatic rings. The topological polar surface area (TPSA) is 27.7 Å². The number of ether oxygens (including phenoxy) is 3. The van der Waals surface area contributed by atoms with Crippen molar-refractivity contribution in [2.45, 2.75) is 5.88 Å². The first kappa shape index (κ1) is 15.4. The van der Waals surface area contributed by atoms with Crippen molar-refractivity contribution in [1.82, 2.24) is 0 Å². The first-order valence-corrected chi connectivity index (χ1v) is 7.00. The minimum atomic E-state index is -0.362. The van der Waals surface area contributed by atoms with Crippen molar-refractivity contribution in [1.29, 1.82) is 0 Å². The minimum Gasteiger partial charge on any atom is -0.497 e. The maximum atomic E-state index is 13.3. The summed E-state index contributed by atoms with van der Waals surface area (Å²) in [6, 6.07) is 11.7. The van der Waals surface area contributed by atoms with Gasteiger partial charge >= 0.3 is 0 Å². The van der Waals surface area contributed by atoms with Gasteiger partial charge in [0.25, 0.3) is 0 Å². The van der Waals surface area contributed by atoms with Crippen LogP contribution < -0.4 is 14.2 Å². The molecule has 0 fully saturated rings. The molecule has 0 saturated heterocycles. The lowest BCUT2D eigenvalue weighted by Gasteiger charge is -2.09. The van der Waals surface area contributed by atoms with E-state index in [1.165, 1.54) is 12.1 Å². The summed E-state index contributed by atoms with van der Waals surface area (Å²) in [5.74, 6) is 1.83. The van der Waals surface area contributed by atoms with Crippen molar-refractivity contribution in [3.63, 3.8) is 0 Å². The molecule has 0 bridgehead atoms. The Morgan fingerprint density at radius 3 is 2.14 bits per heavy atom. The maximum Gasteiger partial charge on any atom is 0.127 e. The van der Waals surface area contributed by atoms with E-state index < -0.39 is 0 Å². The zero-order valence-corrected chi connectivity index (χ0v) is 12.4. The lowest BCUT2D eigenvalue weighted by atomic mass is 10.2. The van der Waals surface area contributed by atoms with Crippen LogP contribution in [0.5, 0.6) is 17.2 Å². The van der Waals surface area contributed by atoms with E-state index >= 15 is 0 Å². The van der Waals surface area contributed by atoms with Gasteiger partial charge in [0.05, 0.1) is 7.11 Å². The predicted molar refractivity (Wildman–Crippen MR) is 79.9 cm³/mol. The van der Waals surface area contributed by atoms with Crippen molar-refractivity contribution in [2.75, 3.05) is 20.3 Å². The van der Waals surface area contributed by atoms with E-state index in [4.69, 9.17) is 25.8 Å². The van der Waals surface area contributed by atoms with Gasteiger partial charge in [-0.25, -0.2) is 4.39 Å². The number of alkyl halides is 1. The molecule has 5 heteroatoms. The molecule has 0 aliphatic carbocycles. The van der Waals surface area contributed by atoms with Crippen molar-refractivity contribution in [2.24, 2.45) is 0 Å². The summed E-state index contributed by atoms with van der Waals surface area (Å²) in [7, 11) is 1.61. The van der Waals surface area contributed by atoms with Gasteiger partial charge in [-0.1, -0.05) is 0 Å². The molecule has 0 N–H and O–H groups in total. The Morgan fingerprint density at radius 1 is 0.905 bits per heavy atom. The van der Waals surface area contributed by atoms with Crippen molar-refractivity contribution >= 4 is 11.6 Å². The number of halogens is 2. The molecule has 0 atom stereocenters. The third-order valence-corrected chi connectivity index (χ3v) is 3.07. The SMILES string of the molecule is COc1ccc(OCCOc2cc(F)cc(CCl)c2)cc1. The molecular formula is C16H16ClFO3. The third kappa shape index (κ3) is 4.83. The van der Waals surface area contributed by atoms with Gasteiger partial charge in [-0.3, -0.25) is 0 Å². The van der Waals surface area contributed by atoms with Crippen molar-refractivity contribution < 1.29 is 18.6 Å². The van der Waals surface area contributed by atoms with Crippen LogP contribution >= 0.6 is 11.6 Å². The Labute approximate surface area is 128 Å². The number of hydrogen-bond donors (Lipinski definition) is 0. The second-order valence-electron chi connectivity index (χ2n) is 4.30. The fourth-order valence-corrected chi connectivity index (χ4v) is 1.93. The van der Waals surface area contributed by atoms with Gasteiger partial charge in [-0.05, 0) is 42.0 Å². The van der Waals surface area contributed by atoms with Gasteiger partial charge < -0.3 is 14.2 Å². The molecule has 0 radical (unpaired) electrons. The van der Waals surface area contributed by atoms with Crippen LogP contribution in [0.3, 0.4) is 0 Å². The largest absolute Gasteiger partial charge is 0.497 e. The number of benzene rings is 2. The number of rotatable bonds is 7. The Balaban J connectivity index is 1.80. The first-order chi connectivity index (χ1) is 10.2. The van der Waals surface area contributed by atoms with Gasteiger partial charge in [0.2, 0.25) is 0 Å². The average molecular weight is 311 g/mol. The summed E-state index contributed by atoms with van der Waals surface area (Å²) >= 11 is 5.68. The molecule has 0 heterocycles. The van der Waals surface area contributed by atoms with Crippen LogP contribution in [0.25, 0.3) is 0 Å². The second kappa shape index (κ2) is 7.74. The predicted octanol–water partition coefficient (Wildman–Crippen LogP) is 4.03. The standard InChI is InChI=1S/C16H16ClFO3/c1-19-14-2-4-15(5-3-14)20-6-7-21-16-9-12(11-17)8-13(18)10-16/h2-5,8-10H,6-7,11H2,1H3. The van der Waals surface area contributed by atoms with E-state index in [1.807, 2.05) is 24.3 Å². The van der Waals surface area contributed by atoms with Crippen LogP contribution in [0, 0.1) is 5.82 Å². The van der Waals surface area contributed by atoms with E-state index in [1.54, 1.807) is 13.2 Å². The molecule has 2 aromatic carbocycles. The molecule has 112 valence electrons. The van der Waals surface area contributed by atoms with E-state index in [-0.39, 0.29) is 11.7 Å². The van der Waals surface area contributed by atoms with E-state index in [0.29, 0.717) is 24.5 Å². The van der Waals surface area contributed by atoms with Gasteiger partial charge in [-0.15, -0.1) is 11.6 Å². The van der Waals surface area contributed by atoms with Crippen LogP contribution in [-0.2, 0) is 5.88 Å². The molecule has 0 aliphatic heterocycles. The Hall–Kier alpha value is -1.94. The zero-order valence-electron chi connectivity index (χ0n) is 11.6. The van der Waals surface area contributed by atoms with Gasteiger partial charge in [0.1, 0.15) is 36.3 Å². The third-order valence-electron chi connectivity index (χ3n) is 2.77. The van der Waals surface area contributed by atoms with Crippen molar-refractivity contribution in [3.05, 3.63) is 53.8 Å². The minimum absolute atomic E-state index is 0.246. The zero-order chi connectivity index (χ0) is 15.1. The Bertz CT molecular complexity index is 572. The highest BCUT2D eigenvalue weighted by Crippen LogP contribution is 2.19. The van der Waals surface area contributed by atoms with Gasteiger partial charge in [0.15, 0.2) is 0 Å². The van der Waals surface area contributed by atoms with Crippen molar-refractivity contribution in [3.8, 4) is 17.2 Å². The summed E-state index contributed by atoms with van der Waals surface area (Å²) in [6.07, 6.45) is 0. The number of methoxy groups -OCH3 is 1. The average Bonchev–Trinajstić information content (AvgIpc) is 2.51. The van der Waals surface area contributed by atoms with E-state index in [0.717, 1.165) is 11.5 Å². The summed E-state index contributed by atoms with van der Waals surface area (Å²) in [5.41, 5.74) is 0.683. The fourth-order valence-electron chi connectivity index (χ4n) is 1.77. The fraction of sp³-hybridized carbons (Fsp3) is 0.250. The van der Waals surface area contributed by atoms with Crippen LogP contribution in [0.4, 0.5) is 4.39 Å². The molecule has 0 unspecified atom stereocenters. The normalized spacial score (nSPS) is 10.2.